The fourth-order valence-corrected chi connectivity index (χ4v) is 2.44. The van der Waals surface area contributed by atoms with E-state index >= 15 is 0 Å². The van der Waals surface area contributed by atoms with E-state index in [9.17, 15) is 4.79 Å². The first-order valence-electron chi connectivity index (χ1n) is 6.36. The Balaban J connectivity index is 1.82. The average molecular weight is 256 g/mol. The molecule has 1 aromatic heterocycles. The van der Waals surface area contributed by atoms with Crippen molar-refractivity contribution in [3.63, 3.8) is 0 Å². The van der Waals surface area contributed by atoms with Crippen LogP contribution in [0.25, 0.3) is 0 Å². The van der Waals surface area contributed by atoms with E-state index in [2.05, 4.69) is 5.10 Å². The summed E-state index contributed by atoms with van der Waals surface area (Å²) in [6.45, 7) is 3.20. The van der Waals surface area contributed by atoms with Crippen LogP contribution in [0.15, 0.2) is 24.3 Å². The van der Waals surface area contributed by atoms with Gasteiger partial charge in [0.05, 0.1) is 25.3 Å². The maximum Gasteiger partial charge on any atom is 0.168 e. The Morgan fingerprint density at radius 1 is 1.32 bits per heavy atom. The minimum atomic E-state index is 0.123. The highest BCUT2D eigenvalue weighted by atomic mass is 16.5. The Morgan fingerprint density at radius 3 is 2.84 bits per heavy atom. The predicted molar refractivity (Wildman–Crippen MR) is 70.9 cm³/mol. The quantitative estimate of drug-likeness (QED) is 0.791. The largest absolute Gasteiger partial charge is 0.372 e. The van der Waals surface area contributed by atoms with Crippen molar-refractivity contribution < 1.29 is 9.53 Å². The van der Waals surface area contributed by atoms with E-state index < -0.39 is 0 Å². The number of benzene rings is 1. The van der Waals surface area contributed by atoms with Crippen LogP contribution in [0.4, 0.5) is 0 Å². The zero-order valence-electron chi connectivity index (χ0n) is 11.1. The first-order valence-corrected chi connectivity index (χ1v) is 6.36. The third-order valence-corrected chi connectivity index (χ3v) is 3.48. The maximum atomic E-state index is 12.3. The van der Waals surface area contributed by atoms with Crippen molar-refractivity contribution >= 4 is 5.78 Å². The summed E-state index contributed by atoms with van der Waals surface area (Å²) in [7, 11) is 1.87. The summed E-state index contributed by atoms with van der Waals surface area (Å²) in [5.41, 5.74) is 4.95. The number of aromatic nitrogens is 2. The van der Waals surface area contributed by atoms with Crippen LogP contribution in [0, 0.1) is 6.92 Å². The van der Waals surface area contributed by atoms with Crippen LogP contribution in [-0.2, 0) is 31.4 Å². The molecule has 1 aliphatic rings. The second kappa shape index (κ2) is 4.63. The molecule has 0 aliphatic carbocycles. The van der Waals surface area contributed by atoms with Gasteiger partial charge in [0.2, 0.25) is 0 Å². The van der Waals surface area contributed by atoms with Crippen molar-refractivity contribution in [2.45, 2.75) is 26.6 Å². The van der Waals surface area contributed by atoms with Gasteiger partial charge in [0.25, 0.3) is 0 Å². The highest BCUT2D eigenvalue weighted by molar-refractivity contribution is 5.97. The highest BCUT2D eigenvalue weighted by Gasteiger charge is 2.15. The number of hydrogen-bond donors (Lipinski definition) is 0. The molecule has 4 nitrogen and oxygen atoms in total. The van der Waals surface area contributed by atoms with Gasteiger partial charge < -0.3 is 4.74 Å². The van der Waals surface area contributed by atoms with Gasteiger partial charge in [-0.05, 0) is 30.2 Å². The molecule has 2 heterocycles. The van der Waals surface area contributed by atoms with E-state index in [0.717, 1.165) is 22.5 Å². The Morgan fingerprint density at radius 2 is 2.11 bits per heavy atom. The molecule has 0 radical (unpaired) electrons. The standard InChI is InChI=1S/C15H16N2O2/c1-10-5-14(17(2)16-10)7-15(18)11-3-4-12-8-19-9-13(12)6-11/h3-6H,7-9H2,1-2H3. The van der Waals surface area contributed by atoms with Crippen molar-refractivity contribution in [2.24, 2.45) is 7.05 Å². The third-order valence-electron chi connectivity index (χ3n) is 3.48. The average Bonchev–Trinajstić information content (AvgIpc) is 2.95. The number of carbonyl (C=O) groups is 1. The molecule has 0 fully saturated rings. The lowest BCUT2D eigenvalue weighted by atomic mass is 10.0. The summed E-state index contributed by atoms with van der Waals surface area (Å²) in [5, 5.41) is 4.26. The van der Waals surface area contributed by atoms with E-state index in [0.29, 0.717) is 19.6 Å². The van der Waals surface area contributed by atoms with Gasteiger partial charge in [-0.1, -0.05) is 12.1 Å². The van der Waals surface area contributed by atoms with Crippen LogP contribution in [-0.4, -0.2) is 15.6 Å². The zero-order chi connectivity index (χ0) is 13.4. The fraction of sp³-hybridized carbons (Fsp3) is 0.333. The van der Waals surface area contributed by atoms with Crippen LogP contribution in [0.1, 0.15) is 32.9 Å². The normalized spacial score (nSPS) is 13.6. The lowest BCUT2D eigenvalue weighted by Gasteiger charge is -2.04. The summed E-state index contributed by atoms with van der Waals surface area (Å²) in [5.74, 6) is 0.123. The van der Waals surface area contributed by atoms with Gasteiger partial charge >= 0.3 is 0 Å². The number of ether oxygens (including phenoxy) is 1. The molecule has 0 atom stereocenters. The number of hydrogen-bond acceptors (Lipinski definition) is 3. The lowest BCUT2D eigenvalue weighted by Crippen LogP contribution is -2.08. The van der Waals surface area contributed by atoms with Crippen LogP contribution in [0.5, 0.6) is 0 Å². The molecule has 98 valence electrons. The van der Waals surface area contributed by atoms with Gasteiger partial charge in [-0.3, -0.25) is 9.48 Å². The topological polar surface area (TPSA) is 44.1 Å². The van der Waals surface area contributed by atoms with Crippen molar-refractivity contribution in [2.75, 3.05) is 0 Å². The number of fused-ring (bicyclic) bond motifs is 1. The highest BCUT2D eigenvalue weighted by Crippen LogP contribution is 2.21. The van der Waals surface area contributed by atoms with E-state index in [-0.39, 0.29) is 5.78 Å². The molecule has 0 bridgehead atoms. The van der Waals surface area contributed by atoms with Crippen molar-refractivity contribution in [1.82, 2.24) is 9.78 Å². The van der Waals surface area contributed by atoms with Crippen molar-refractivity contribution in [3.8, 4) is 0 Å². The molecule has 0 saturated carbocycles. The van der Waals surface area contributed by atoms with Crippen LogP contribution >= 0.6 is 0 Å². The first kappa shape index (κ1) is 12.1. The van der Waals surface area contributed by atoms with Gasteiger partial charge in [-0.15, -0.1) is 0 Å². The number of nitrogens with zero attached hydrogens (tertiary/aromatic N) is 2. The minimum absolute atomic E-state index is 0.123. The number of rotatable bonds is 3. The lowest BCUT2D eigenvalue weighted by molar-refractivity contribution is 0.0990. The molecular weight excluding hydrogens is 240 g/mol. The Bertz CT molecular complexity index is 644. The molecule has 2 aromatic rings. The van der Waals surface area contributed by atoms with Gasteiger partial charge in [-0.25, -0.2) is 0 Å². The molecular formula is C15H16N2O2. The summed E-state index contributed by atoms with van der Waals surface area (Å²) >= 11 is 0. The molecule has 1 aromatic carbocycles. The molecule has 1 aliphatic heterocycles. The van der Waals surface area contributed by atoms with E-state index in [4.69, 9.17) is 4.74 Å². The molecule has 0 unspecified atom stereocenters. The molecule has 0 saturated heterocycles. The number of aryl methyl sites for hydroxylation is 2. The number of carbonyl (C=O) groups excluding carboxylic acids is 1. The van der Waals surface area contributed by atoms with Gasteiger partial charge in [-0.2, -0.15) is 5.10 Å². The van der Waals surface area contributed by atoms with Crippen LogP contribution in [0.3, 0.4) is 0 Å². The predicted octanol–water partition coefficient (Wildman–Crippen LogP) is 2.18. The number of Topliss-reactive ketones (excluding diaryl/α,β-unsaturated/α-hetero) is 1. The summed E-state index contributed by atoms with van der Waals surface area (Å²) < 4.78 is 7.13. The van der Waals surface area contributed by atoms with Crippen molar-refractivity contribution in [1.29, 1.82) is 0 Å². The fourth-order valence-electron chi connectivity index (χ4n) is 2.44. The van der Waals surface area contributed by atoms with Crippen LogP contribution in [0.2, 0.25) is 0 Å². The summed E-state index contributed by atoms with van der Waals surface area (Å²) in [6.07, 6.45) is 0.386. The number of ketones is 1. The van der Waals surface area contributed by atoms with E-state index in [1.807, 2.05) is 38.2 Å². The Hall–Kier alpha value is -1.94. The van der Waals surface area contributed by atoms with E-state index in [1.165, 1.54) is 5.56 Å². The smallest absolute Gasteiger partial charge is 0.168 e. The second-order valence-corrected chi connectivity index (χ2v) is 4.98. The van der Waals surface area contributed by atoms with Crippen molar-refractivity contribution in [3.05, 3.63) is 52.3 Å². The SMILES string of the molecule is Cc1cc(CC(=O)c2ccc3c(c2)COC3)n(C)n1. The first-order chi connectivity index (χ1) is 9.13. The monoisotopic (exact) mass is 256 g/mol. The molecule has 4 heteroatoms. The van der Waals surface area contributed by atoms with E-state index in [1.54, 1.807) is 4.68 Å². The third kappa shape index (κ3) is 2.31. The maximum absolute atomic E-state index is 12.3. The molecule has 3 rings (SSSR count). The Labute approximate surface area is 112 Å². The molecule has 0 spiro atoms. The molecule has 19 heavy (non-hydrogen) atoms. The zero-order valence-corrected chi connectivity index (χ0v) is 11.1. The van der Waals surface area contributed by atoms with Gasteiger partial charge in [0, 0.05) is 18.3 Å². The molecule has 0 amide bonds. The summed E-state index contributed by atoms with van der Waals surface area (Å²) in [6, 6.07) is 7.78. The Kier molecular flexibility index (Phi) is 2.95. The van der Waals surface area contributed by atoms with Gasteiger partial charge in [0.1, 0.15) is 0 Å². The minimum Gasteiger partial charge on any atom is -0.372 e. The summed E-state index contributed by atoms with van der Waals surface area (Å²) in [4.78, 5) is 12.3. The molecule has 0 N–H and O–H groups in total. The van der Waals surface area contributed by atoms with Gasteiger partial charge in [0.15, 0.2) is 5.78 Å². The second-order valence-electron chi connectivity index (χ2n) is 4.98. The van der Waals surface area contributed by atoms with Crippen LogP contribution < -0.4 is 0 Å².